The summed E-state index contributed by atoms with van der Waals surface area (Å²) in [6.45, 7) is 0.579. The molecule has 1 aromatic heterocycles. The largest absolute Gasteiger partial charge is 0.497 e. The number of aromatic nitrogens is 1. The molecule has 1 heterocycles. The van der Waals surface area contributed by atoms with Crippen LogP contribution < -0.4 is 9.64 Å². The third-order valence-electron chi connectivity index (χ3n) is 2.73. The minimum atomic E-state index is -0.342. The smallest absolute Gasteiger partial charge is 0.166 e. The molecule has 0 atom stereocenters. The van der Waals surface area contributed by atoms with Crippen molar-refractivity contribution in [3.05, 3.63) is 52.4 Å². The molecule has 5 heteroatoms. The number of hydrogen-bond acceptors (Lipinski definition) is 3. The van der Waals surface area contributed by atoms with E-state index in [1.807, 2.05) is 31.3 Å². The molecule has 0 amide bonds. The van der Waals surface area contributed by atoms with Crippen molar-refractivity contribution in [1.82, 2.24) is 4.98 Å². The maximum Gasteiger partial charge on any atom is 0.166 e. The van der Waals surface area contributed by atoms with Crippen LogP contribution in [0.2, 0.25) is 0 Å². The first-order valence-electron chi connectivity index (χ1n) is 5.75. The highest BCUT2D eigenvalue weighted by Gasteiger charge is 2.10. The Kier molecular flexibility index (Phi) is 4.37. The van der Waals surface area contributed by atoms with Crippen molar-refractivity contribution >= 4 is 21.7 Å². The summed E-state index contributed by atoms with van der Waals surface area (Å²) < 4.78 is 19.5. The van der Waals surface area contributed by atoms with Gasteiger partial charge in [-0.05, 0) is 39.7 Å². The lowest BCUT2D eigenvalue weighted by Gasteiger charge is -2.19. The number of methoxy groups -OCH3 is 1. The SMILES string of the molecule is COc1ccc(CN(C)c2ncc(Br)cc2F)cc1. The lowest BCUT2D eigenvalue weighted by molar-refractivity contribution is 0.414. The Bertz CT molecular complexity index is 560. The number of anilines is 1. The summed E-state index contributed by atoms with van der Waals surface area (Å²) in [6.07, 6.45) is 1.59. The number of benzene rings is 1. The second-order valence-electron chi connectivity index (χ2n) is 4.16. The molecule has 0 aliphatic carbocycles. The van der Waals surface area contributed by atoms with Gasteiger partial charge in [-0.1, -0.05) is 12.1 Å². The Morgan fingerprint density at radius 3 is 2.58 bits per heavy atom. The lowest BCUT2D eigenvalue weighted by Crippen LogP contribution is -2.19. The summed E-state index contributed by atoms with van der Waals surface area (Å²) in [6, 6.07) is 9.08. The molecule has 0 bridgehead atoms. The summed E-state index contributed by atoms with van der Waals surface area (Å²) in [7, 11) is 3.44. The van der Waals surface area contributed by atoms with Gasteiger partial charge in [0.15, 0.2) is 11.6 Å². The van der Waals surface area contributed by atoms with Crippen molar-refractivity contribution < 1.29 is 9.13 Å². The number of pyridine rings is 1. The van der Waals surface area contributed by atoms with Crippen LogP contribution in [0.15, 0.2) is 41.0 Å². The van der Waals surface area contributed by atoms with E-state index in [4.69, 9.17) is 4.74 Å². The van der Waals surface area contributed by atoms with Crippen LogP contribution in [0.25, 0.3) is 0 Å². The van der Waals surface area contributed by atoms with E-state index in [1.54, 1.807) is 18.2 Å². The van der Waals surface area contributed by atoms with Crippen molar-refractivity contribution in [2.75, 3.05) is 19.1 Å². The first-order valence-corrected chi connectivity index (χ1v) is 6.54. The molecule has 2 aromatic rings. The zero-order chi connectivity index (χ0) is 13.8. The van der Waals surface area contributed by atoms with Crippen LogP contribution in [0.5, 0.6) is 5.75 Å². The molecular weight excluding hydrogens is 311 g/mol. The molecule has 19 heavy (non-hydrogen) atoms. The average Bonchev–Trinajstić information content (AvgIpc) is 2.39. The van der Waals surface area contributed by atoms with Gasteiger partial charge >= 0.3 is 0 Å². The van der Waals surface area contributed by atoms with E-state index in [0.29, 0.717) is 16.8 Å². The van der Waals surface area contributed by atoms with Crippen molar-refractivity contribution in [2.24, 2.45) is 0 Å². The third kappa shape index (κ3) is 3.44. The Morgan fingerprint density at radius 2 is 2.00 bits per heavy atom. The van der Waals surface area contributed by atoms with Crippen LogP contribution in [0.4, 0.5) is 10.2 Å². The van der Waals surface area contributed by atoms with Gasteiger partial charge in [-0.3, -0.25) is 0 Å². The molecule has 0 aliphatic heterocycles. The van der Waals surface area contributed by atoms with Gasteiger partial charge in [-0.15, -0.1) is 0 Å². The second-order valence-corrected chi connectivity index (χ2v) is 5.08. The van der Waals surface area contributed by atoms with Gasteiger partial charge in [0.2, 0.25) is 0 Å². The Balaban J connectivity index is 2.13. The zero-order valence-electron chi connectivity index (χ0n) is 10.7. The summed E-state index contributed by atoms with van der Waals surface area (Å²) in [5.74, 6) is 0.795. The molecule has 3 nitrogen and oxygen atoms in total. The van der Waals surface area contributed by atoms with E-state index in [0.717, 1.165) is 11.3 Å². The van der Waals surface area contributed by atoms with E-state index in [-0.39, 0.29) is 5.82 Å². The number of ether oxygens (including phenoxy) is 1. The second kappa shape index (κ2) is 6.02. The topological polar surface area (TPSA) is 25.4 Å². The van der Waals surface area contributed by atoms with E-state index in [9.17, 15) is 4.39 Å². The lowest BCUT2D eigenvalue weighted by atomic mass is 10.2. The molecule has 1 aromatic carbocycles. The summed E-state index contributed by atoms with van der Waals surface area (Å²) in [5, 5.41) is 0. The molecular formula is C14H14BrFN2O. The van der Waals surface area contributed by atoms with Crippen LogP contribution in [-0.2, 0) is 6.54 Å². The Labute approximate surface area is 120 Å². The highest BCUT2D eigenvalue weighted by atomic mass is 79.9. The maximum atomic E-state index is 13.8. The zero-order valence-corrected chi connectivity index (χ0v) is 12.3. The third-order valence-corrected chi connectivity index (χ3v) is 3.16. The maximum absolute atomic E-state index is 13.8. The molecule has 0 spiro atoms. The van der Waals surface area contributed by atoms with Crippen LogP contribution in [0.3, 0.4) is 0 Å². The minimum absolute atomic E-state index is 0.332. The molecule has 2 rings (SSSR count). The van der Waals surface area contributed by atoms with Crippen molar-refractivity contribution in [2.45, 2.75) is 6.54 Å². The molecule has 0 saturated heterocycles. The standard InChI is InChI=1S/C14H14BrFN2O/c1-18(14-13(16)7-11(15)8-17-14)9-10-3-5-12(19-2)6-4-10/h3-8H,9H2,1-2H3. The number of hydrogen-bond donors (Lipinski definition) is 0. The first-order chi connectivity index (χ1) is 9.10. The van der Waals surface area contributed by atoms with Gasteiger partial charge in [0, 0.05) is 24.3 Å². The molecule has 0 N–H and O–H groups in total. The van der Waals surface area contributed by atoms with Crippen molar-refractivity contribution in [3.63, 3.8) is 0 Å². The van der Waals surface area contributed by atoms with Crippen LogP contribution >= 0.6 is 15.9 Å². The monoisotopic (exact) mass is 324 g/mol. The van der Waals surface area contributed by atoms with Crippen LogP contribution in [0.1, 0.15) is 5.56 Å². The van der Waals surface area contributed by atoms with E-state index in [1.165, 1.54) is 6.07 Å². The Hall–Kier alpha value is -1.62. The molecule has 100 valence electrons. The predicted octanol–water partition coefficient (Wildman–Crippen LogP) is 3.63. The van der Waals surface area contributed by atoms with Gasteiger partial charge in [-0.25, -0.2) is 9.37 Å². The predicted molar refractivity (Wildman–Crippen MR) is 77.0 cm³/mol. The van der Waals surface area contributed by atoms with Crippen LogP contribution in [-0.4, -0.2) is 19.1 Å². The van der Waals surface area contributed by atoms with E-state index >= 15 is 0 Å². The van der Waals surface area contributed by atoms with Gasteiger partial charge in [-0.2, -0.15) is 0 Å². The van der Waals surface area contributed by atoms with Crippen LogP contribution in [0, 0.1) is 5.82 Å². The normalized spacial score (nSPS) is 10.3. The van der Waals surface area contributed by atoms with Gasteiger partial charge < -0.3 is 9.64 Å². The quantitative estimate of drug-likeness (QED) is 0.858. The van der Waals surface area contributed by atoms with E-state index in [2.05, 4.69) is 20.9 Å². The molecule has 0 fully saturated rings. The average molecular weight is 325 g/mol. The van der Waals surface area contributed by atoms with Crippen molar-refractivity contribution in [1.29, 1.82) is 0 Å². The first kappa shape index (κ1) is 13.8. The fraction of sp³-hybridized carbons (Fsp3) is 0.214. The van der Waals surface area contributed by atoms with E-state index < -0.39 is 0 Å². The van der Waals surface area contributed by atoms with Gasteiger partial charge in [0.25, 0.3) is 0 Å². The van der Waals surface area contributed by atoms with Gasteiger partial charge in [0.1, 0.15) is 5.75 Å². The fourth-order valence-corrected chi connectivity index (χ4v) is 2.07. The number of rotatable bonds is 4. The molecule has 0 saturated carbocycles. The summed E-state index contributed by atoms with van der Waals surface area (Å²) in [5.41, 5.74) is 1.06. The molecule has 0 radical (unpaired) electrons. The summed E-state index contributed by atoms with van der Waals surface area (Å²) >= 11 is 3.19. The van der Waals surface area contributed by atoms with Crippen molar-refractivity contribution in [3.8, 4) is 5.75 Å². The summed E-state index contributed by atoms with van der Waals surface area (Å²) in [4.78, 5) is 5.85. The van der Waals surface area contributed by atoms with Gasteiger partial charge in [0.05, 0.1) is 7.11 Å². The highest BCUT2D eigenvalue weighted by Crippen LogP contribution is 2.21. The number of nitrogens with zero attached hydrogens (tertiary/aromatic N) is 2. The number of halogens is 2. The minimum Gasteiger partial charge on any atom is -0.497 e. The fourth-order valence-electron chi connectivity index (χ4n) is 1.77. The molecule has 0 unspecified atom stereocenters. The highest BCUT2D eigenvalue weighted by molar-refractivity contribution is 9.10. The Morgan fingerprint density at radius 1 is 1.32 bits per heavy atom. The molecule has 0 aliphatic rings.